The van der Waals surface area contributed by atoms with E-state index >= 15 is 0 Å². The van der Waals surface area contributed by atoms with E-state index in [9.17, 15) is 4.79 Å². The van der Waals surface area contributed by atoms with Gasteiger partial charge in [0, 0.05) is 24.1 Å². The fourth-order valence-electron chi connectivity index (χ4n) is 1.81. The number of anilines is 1. The molecule has 2 rings (SSSR count). The Balaban J connectivity index is 2.26. The summed E-state index contributed by atoms with van der Waals surface area (Å²) in [5, 5.41) is 12.9. The number of carboxylic acids is 1. The fourth-order valence-corrected chi connectivity index (χ4v) is 1.94. The second-order valence-electron chi connectivity index (χ2n) is 4.59. The lowest BCUT2D eigenvalue weighted by Gasteiger charge is -2.08. The molecule has 110 valence electrons. The van der Waals surface area contributed by atoms with Gasteiger partial charge >= 0.3 is 5.97 Å². The van der Waals surface area contributed by atoms with Crippen molar-refractivity contribution >= 4 is 23.4 Å². The average Bonchev–Trinajstić information content (AvgIpc) is 2.47. The van der Waals surface area contributed by atoms with E-state index in [4.69, 9.17) is 16.7 Å². The number of benzene rings is 1. The van der Waals surface area contributed by atoms with Gasteiger partial charge in [-0.3, -0.25) is 0 Å². The highest BCUT2D eigenvalue weighted by molar-refractivity contribution is 6.30. The molecule has 0 bridgehead atoms. The third-order valence-corrected chi connectivity index (χ3v) is 3.08. The molecule has 1 aromatic heterocycles. The van der Waals surface area contributed by atoms with Crippen LogP contribution < -0.4 is 5.32 Å². The summed E-state index contributed by atoms with van der Waals surface area (Å²) in [6.45, 7) is 2.76. The zero-order valence-electron chi connectivity index (χ0n) is 11.6. The van der Waals surface area contributed by atoms with Gasteiger partial charge in [0.15, 0.2) is 5.69 Å². The van der Waals surface area contributed by atoms with Crippen LogP contribution in [0.15, 0.2) is 30.3 Å². The first-order chi connectivity index (χ1) is 10.1. The first kappa shape index (κ1) is 15.3. The standard InChI is InChI=1S/C15H16ClN3O2/c1-2-7-17-13-9-12(15(20)21)18-14(19-13)8-10-3-5-11(16)6-4-10/h3-6,9H,2,7-8H2,1H3,(H,20,21)(H,17,18,19). The molecular formula is C15H16ClN3O2. The molecule has 0 aliphatic heterocycles. The van der Waals surface area contributed by atoms with Crippen LogP contribution in [0.4, 0.5) is 5.82 Å². The highest BCUT2D eigenvalue weighted by Gasteiger charge is 2.10. The molecule has 0 spiro atoms. The molecule has 0 aliphatic rings. The Kier molecular flexibility index (Phi) is 5.11. The maximum absolute atomic E-state index is 11.1. The van der Waals surface area contributed by atoms with E-state index in [0.717, 1.165) is 18.5 Å². The van der Waals surface area contributed by atoms with Crippen molar-refractivity contribution in [2.45, 2.75) is 19.8 Å². The number of hydrogen-bond donors (Lipinski definition) is 2. The number of nitrogens with zero attached hydrogens (tertiary/aromatic N) is 2. The predicted molar refractivity (Wildman–Crippen MR) is 82.0 cm³/mol. The molecule has 6 heteroatoms. The van der Waals surface area contributed by atoms with Gasteiger partial charge in [0.2, 0.25) is 0 Å². The number of carbonyl (C=O) groups is 1. The molecule has 1 heterocycles. The van der Waals surface area contributed by atoms with Crippen LogP contribution in [0.1, 0.15) is 35.2 Å². The molecule has 0 aliphatic carbocycles. The topological polar surface area (TPSA) is 75.1 Å². The zero-order chi connectivity index (χ0) is 15.2. The molecule has 0 unspecified atom stereocenters. The summed E-state index contributed by atoms with van der Waals surface area (Å²) in [6.07, 6.45) is 1.39. The van der Waals surface area contributed by atoms with Crippen LogP contribution in [0.5, 0.6) is 0 Å². The molecule has 21 heavy (non-hydrogen) atoms. The van der Waals surface area contributed by atoms with E-state index in [1.165, 1.54) is 6.07 Å². The number of carboxylic acid groups (broad SMARTS) is 1. The highest BCUT2D eigenvalue weighted by atomic mass is 35.5. The Labute approximate surface area is 128 Å². The smallest absolute Gasteiger partial charge is 0.354 e. The predicted octanol–water partition coefficient (Wildman–Crippen LogP) is 3.24. The maximum atomic E-state index is 11.1. The van der Waals surface area contributed by atoms with Crippen LogP contribution in [-0.4, -0.2) is 27.6 Å². The van der Waals surface area contributed by atoms with Crippen LogP contribution in [0.3, 0.4) is 0 Å². The van der Waals surface area contributed by atoms with E-state index in [1.54, 1.807) is 12.1 Å². The first-order valence-electron chi connectivity index (χ1n) is 6.68. The van der Waals surface area contributed by atoms with Crippen LogP contribution >= 0.6 is 11.6 Å². The normalized spacial score (nSPS) is 10.4. The van der Waals surface area contributed by atoms with Crippen LogP contribution in [0, 0.1) is 0 Å². The zero-order valence-corrected chi connectivity index (χ0v) is 12.4. The van der Waals surface area contributed by atoms with Crippen molar-refractivity contribution in [1.82, 2.24) is 9.97 Å². The van der Waals surface area contributed by atoms with Crippen molar-refractivity contribution in [2.24, 2.45) is 0 Å². The number of halogens is 1. The molecule has 0 saturated carbocycles. The van der Waals surface area contributed by atoms with Crippen molar-refractivity contribution in [3.05, 3.63) is 52.4 Å². The Bertz CT molecular complexity index is 629. The van der Waals surface area contributed by atoms with Crippen LogP contribution in [0.2, 0.25) is 5.02 Å². The lowest BCUT2D eigenvalue weighted by molar-refractivity contribution is 0.0690. The van der Waals surface area contributed by atoms with Gasteiger partial charge in [-0.25, -0.2) is 14.8 Å². The van der Waals surface area contributed by atoms with Gasteiger partial charge in [0.25, 0.3) is 0 Å². The first-order valence-corrected chi connectivity index (χ1v) is 7.06. The fraction of sp³-hybridized carbons (Fsp3) is 0.267. The van der Waals surface area contributed by atoms with Crippen molar-refractivity contribution < 1.29 is 9.90 Å². The van der Waals surface area contributed by atoms with Crippen LogP contribution in [0.25, 0.3) is 0 Å². The molecule has 0 amide bonds. The monoisotopic (exact) mass is 305 g/mol. The number of nitrogens with one attached hydrogen (secondary N) is 1. The van der Waals surface area contributed by atoms with Crippen molar-refractivity contribution in [1.29, 1.82) is 0 Å². The van der Waals surface area contributed by atoms with Gasteiger partial charge in [-0.05, 0) is 24.1 Å². The van der Waals surface area contributed by atoms with Gasteiger partial charge < -0.3 is 10.4 Å². The summed E-state index contributed by atoms with van der Waals surface area (Å²) in [5.74, 6) is -0.0571. The van der Waals surface area contributed by atoms with Crippen molar-refractivity contribution in [3.63, 3.8) is 0 Å². The number of aromatic carboxylic acids is 1. The maximum Gasteiger partial charge on any atom is 0.354 e. The summed E-state index contributed by atoms with van der Waals surface area (Å²) in [5.41, 5.74) is 0.968. The molecule has 0 atom stereocenters. The summed E-state index contributed by atoms with van der Waals surface area (Å²) in [6, 6.07) is 8.77. The van der Waals surface area contributed by atoms with Gasteiger partial charge in [-0.1, -0.05) is 30.7 Å². The van der Waals surface area contributed by atoms with Crippen molar-refractivity contribution in [3.8, 4) is 0 Å². The molecule has 2 N–H and O–H groups in total. The molecule has 2 aromatic rings. The summed E-state index contributed by atoms with van der Waals surface area (Å²) in [7, 11) is 0. The van der Waals surface area contributed by atoms with Gasteiger partial charge in [0.05, 0.1) is 0 Å². The van der Waals surface area contributed by atoms with Crippen LogP contribution in [-0.2, 0) is 6.42 Å². The average molecular weight is 306 g/mol. The van der Waals surface area contributed by atoms with Crippen molar-refractivity contribution in [2.75, 3.05) is 11.9 Å². The summed E-state index contributed by atoms with van der Waals surface area (Å²) >= 11 is 5.84. The van der Waals surface area contributed by atoms with Gasteiger partial charge in [-0.2, -0.15) is 0 Å². The second kappa shape index (κ2) is 7.04. The molecule has 0 fully saturated rings. The summed E-state index contributed by atoms with van der Waals surface area (Å²) < 4.78 is 0. The third-order valence-electron chi connectivity index (χ3n) is 2.82. The molecule has 0 radical (unpaired) electrons. The van der Waals surface area contributed by atoms with E-state index < -0.39 is 5.97 Å². The molecule has 1 aromatic carbocycles. The molecular weight excluding hydrogens is 290 g/mol. The Morgan fingerprint density at radius 1 is 1.29 bits per heavy atom. The summed E-state index contributed by atoms with van der Waals surface area (Å²) in [4.78, 5) is 19.6. The lowest BCUT2D eigenvalue weighted by Crippen LogP contribution is -2.10. The van der Waals surface area contributed by atoms with E-state index in [1.807, 2.05) is 19.1 Å². The van der Waals surface area contributed by atoms with Gasteiger partial charge in [-0.15, -0.1) is 0 Å². The van der Waals surface area contributed by atoms with E-state index in [0.29, 0.717) is 23.1 Å². The Morgan fingerprint density at radius 3 is 2.62 bits per heavy atom. The quantitative estimate of drug-likeness (QED) is 0.857. The Hall–Kier alpha value is -2.14. The van der Waals surface area contributed by atoms with Gasteiger partial charge in [0.1, 0.15) is 11.6 Å². The minimum absolute atomic E-state index is 0.00688. The largest absolute Gasteiger partial charge is 0.477 e. The number of aromatic nitrogens is 2. The minimum Gasteiger partial charge on any atom is -0.477 e. The Morgan fingerprint density at radius 2 is 2.00 bits per heavy atom. The second-order valence-corrected chi connectivity index (χ2v) is 5.03. The SMILES string of the molecule is CCCNc1cc(C(=O)O)nc(Cc2ccc(Cl)cc2)n1. The minimum atomic E-state index is -1.06. The third kappa shape index (κ3) is 4.43. The molecule has 5 nitrogen and oxygen atoms in total. The number of hydrogen-bond acceptors (Lipinski definition) is 4. The van der Waals surface area contributed by atoms with E-state index in [2.05, 4.69) is 15.3 Å². The highest BCUT2D eigenvalue weighted by Crippen LogP contribution is 2.14. The molecule has 0 saturated heterocycles. The van der Waals surface area contributed by atoms with E-state index in [-0.39, 0.29) is 5.69 Å². The number of rotatable bonds is 6. The lowest BCUT2D eigenvalue weighted by atomic mass is 10.1.